The Morgan fingerprint density at radius 1 is 1.79 bits per heavy atom. The first-order valence-corrected chi connectivity index (χ1v) is 5.11. The van der Waals surface area contributed by atoms with Gasteiger partial charge in [0.2, 0.25) is 5.91 Å². The molecule has 1 aromatic rings. The van der Waals surface area contributed by atoms with Crippen LogP contribution in [0.2, 0.25) is 0 Å². The number of aromatic amines is 1. The number of H-pyrrole nitrogens is 1. The van der Waals surface area contributed by atoms with Gasteiger partial charge in [-0.2, -0.15) is 0 Å². The summed E-state index contributed by atoms with van der Waals surface area (Å²) in [7, 11) is 0. The maximum atomic E-state index is 11.6. The van der Waals surface area contributed by atoms with Gasteiger partial charge in [-0.1, -0.05) is 6.92 Å². The van der Waals surface area contributed by atoms with Gasteiger partial charge in [-0.05, 0) is 25.6 Å². The van der Waals surface area contributed by atoms with Crippen molar-refractivity contribution in [1.29, 1.82) is 0 Å². The predicted octanol–water partition coefficient (Wildman–Crippen LogP) is 1.63. The van der Waals surface area contributed by atoms with E-state index in [1.807, 2.05) is 13.8 Å². The predicted molar refractivity (Wildman–Crippen MR) is 57.6 cm³/mol. The average molecular weight is 213 g/mol. The van der Waals surface area contributed by atoms with Gasteiger partial charge in [0.1, 0.15) is 6.04 Å². The molecular formula is C9H15N3OS. The van der Waals surface area contributed by atoms with Gasteiger partial charge in [0, 0.05) is 18.9 Å². The van der Waals surface area contributed by atoms with Gasteiger partial charge in [-0.25, -0.2) is 0 Å². The first-order valence-electron chi connectivity index (χ1n) is 4.70. The minimum absolute atomic E-state index is 0.00236. The Kier molecular flexibility index (Phi) is 3.88. The van der Waals surface area contributed by atoms with E-state index in [9.17, 15) is 4.79 Å². The van der Waals surface area contributed by atoms with Crippen molar-refractivity contribution in [3.63, 3.8) is 0 Å². The van der Waals surface area contributed by atoms with E-state index in [1.165, 1.54) is 0 Å². The summed E-state index contributed by atoms with van der Waals surface area (Å²) in [5, 5.41) is 2.83. The summed E-state index contributed by atoms with van der Waals surface area (Å²) >= 11 is 5.02. The Bertz CT molecular complexity index is 355. The second-order valence-electron chi connectivity index (χ2n) is 3.14. The van der Waals surface area contributed by atoms with Gasteiger partial charge in [-0.15, -0.1) is 0 Å². The summed E-state index contributed by atoms with van der Waals surface area (Å²) in [6, 6.07) is -0.250. The van der Waals surface area contributed by atoms with E-state index in [0.717, 1.165) is 6.42 Å². The minimum Gasteiger partial charge on any atom is -0.354 e. The first-order chi connectivity index (χ1) is 6.66. The third kappa shape index (κ3) is 2.45. The van der Waals surface area contributed by atoms with Crippen LogP contribution in [0.4, 0.5) is 0 Å². The van der Waals surface area contributed by atoms with Crippen LogP contribution < -0.4 is 5.32 Å². The van der Waals surface area contributed by atoms with Crippen LogP contribution in [-0.4, -0.2) is 22.0 Å². The fourth-order valence-corrected chi connectivity index (χ4v) is 1.45. The molecule has 0 aliphatic rings. The smallest absolute Gasteiger partial charge is 0.242 e. The SMILES string of the molecule is CCCNC(=O)C(C)n1cc[nH]c1=S. The van der Waals surface area contributed by atoms with E-state index >= 15 is 0 Å². The highest BCUT2D eigenvalue weighted by molar-refractivity contribution is 7.71. The quantitative estimate of drug-likeness (QED) is 0.747. The molecule has 14 heavy (non-hydrogen) atoms. The second-order valence-corrected chi connectivity index (χ2v) is 3.53. The van der Waals surface area contributed by atoms with E-state index in [4.69, 9.17) is 12.2 Å². The highest BCUT2D eigenvalue weighted by atomic mass is 32.1. The lowest BCUT2D eigenvalue weighted by Gasteiger charge is -2.12. The molecule has 78 valence electrons. The normalized spacial score (nSPS) is 12.4. The number of amides is 1. The maximum Gasteiger partial charge on any atom is 0.242 e. The van der Waals surface area contributed by atoms with Crippen LogP contribution in [0.5, 0.6) is 0 Å². The zero-order chi connectivity index (χ0) is 10.6. The van der Waals surface area contributed by atoms with Gasteiger partial charge in [0.25, 0.3) is 0 Å². The highest BCUT2D eigenvalue weighted by Crippen LogP contribution is 2.05. The van der Waals surface area contributed by atoms with E-state index in [2.05, 4.69) is 10.3 Å². The van der Waals surface area contributed by atoms with Crippen LogP contribution in [0.15, 0.2) is 12.4 Å². The molecule has 0 fully saturated rings. The Morgan fingerprint density at radius 3 is 3.00 bits per heavy atom. The lowest BCUT2D eigenvalue weighted by atomic mass is 10.3. The summed E-state index contributed by atoms with van der Waals surface area (Å²) in [5.74, 6) is 0.00236. The van der Waals surface area contributed by atoms with Gasteiger partial charge < -0.3 is 14.9 Å². The summed E-state index contributed by atoms with van der Waals surface area (Å²) in [5.41, 5.74) is 0. The maximum absolute atomic E-state index is 11.6. The number of hydrogen-bond acceptors (Lipinski definition) is 2. The molecule has 0 spiro atoms. The molecule has 2 N–H and O–H groups in total. The van der Waals surface area contributed by atoms with Gasteiger partial charge in [0.15, 0.2) is 4.77 Å². The zero-order valence-corrected chi connectivity index (χ0v) is 9.23. The lowest BCUT2D eigenvalue weighted by Crippen LogP contribution is -2.31. The molecule has 0 radical (unpaired) electrons. The highest BCUT2D eigenvalue weighted by Gasteiger charge is 2.13. The third-order valence-electron chi connectivity index (χ3n) is 2.02. The standard InChI is InChI=1S/C9H15N3OS/c1-3-4-10-8(13)7(2)12-6-5-11-9(12)14/h5-7H,3-4H2,1-2H3,(H,10,13)(H,11,14). The largest absolute Gasteiger partial charge is 0.354 e. The van der Waals surface area contributed by atoms with Crippen LogP contribution >= 0.6 is 12.2 Å². The van der Waals surface area contributed by atoms with Crippen LogP contribution in [0.25, 0.3) is 0 Å². The van der Waals surface area contributed by atoms with Crippen molar-refractivity contribution in [3.05, 3.63) is 17.2 Å². The number of carbonyl (C=O) groups is 1. The minimum atomic E-state index is -0.250. The van der Waals surface area contributed by atoms with Crippen molar-refractivity contribution in [2.45, 2.75) is 26.3 Å². The van der Waals surface area contributed by atoms with E-state index in [-0.39, 0.29) is 11.9 Å². The van der Waals surface area contributed by atoms with Crippen molar-refractivity contribution in [1.82, 2.24) is 14.9 Å². The van der Waals surface area contributed by atoms with E-state index in [1.54, 1.807) is 17.0 Å². The number of nitrogens with one attached hydrogen (secondary N) is 2. The topological polar surface area (TPSA) is 49.8 Å². The second kappa shape index (κ2) is 4.95. The molecule has 0 aromatic carbocycles. The number of carbonyl (C=O) groups excluding carboxylic acids is 1. The van der Waals surface area contributed by atoms with Crippen molar-refractivity contribution >= 4 is 18.1 Å². The third-order valence-corrected chi connectivity index (χ3v) is 2.35. The number of aromatic nitrogens is 2. The molecule has 4 nitrogen and oxygen atoms in total. The van der Waals surface area contributed by atoms with Crippen LogP contribution in [0.3, 0.4) is 0 Å². The van der Waals surface area contributed by atoms with Crippen LogP contribution in [-0.2, 0) is 4.79 Å². The van der Waals surface area contributed by atoms with Gasteiger partial charge in [-0.3, -0.25) is 4.79 Å². The molecule has 1 rings (SSSR count). The molecular weight excluding hydrogens is 198 g/mol. The number of nitrogens with zero attached hydrogens (tertiary/aromatic N) is 1. The monoisotopic (exact) mass is 213 g/mol. The first kappa shape index (κ1) is 11.0. The Morgan fingerprint density at radius 2 is 2.50 bits per heavy atom. The summed E-state index contributed by atoms with van der Waals surface area (Å²) in [6.07, 6.45) is 4.45. The zero-order valence-electron chi connectivity index (χ0n) is 8.41. The summed E-state index contributed by atoms with van der Waals surface area (Å²) in [6.45, 7) is 4.56. The molecule has 1 aromatic heterocycles. The molecule has 5 heteroatoms. The Balaban J connectivity index is 2.66. The van der Waals surface area contributed by atoms with Crippen molar-refractivity contribution < 1.29 is 4.79 Å². The number of rotatable bonds is 4. The Hall–Kier alpha value is -1.10. The fraction of sp³-hybridized carbons (Fsp3) is 0.556. The van der Waals surface area contributed by atoms with Crippen LogP contribution in [0.1, 0.15) is 26.3 Å². The molecule has 0 bridgehead atoms. The molecule has 0 aliphatic heterocycles. The summed E-state index contributed by atoms with van der Waals surface area (Å²) in [4.78, 5) is 14.4. The molecule has 0 saturated carbocycles. The van der Waals surface area contributed by atoms with Gasteiger partial charge in [0.05, 0.1) is 0 Å². The van der Waals surface area contributed by atoms with Crippen molar-refractivity contribution in [2.75, 3.05) is 6.54 Å². The van der Waals surface area contributed by atoms with Crippen LogP contribution in [0, 0.1) is 4.77 Å². The van der Waals surface area contributed by atoms with Crippen molar-refractivity contribution in [3.8, 4) is 0 Å². The number of imidazole rings is 1. The average Bonchev–Trinajstić information content (AvgIpc) is 2.59. The molecule has 1 unspecified atom stereocenters. The van der Waals surface area contributed by atoms with Crippen molar-refractivity contribution in [2.24, 2.45) is 0 Å². The van der Waals surface area contributed by atoms with E-state index in [0.29, 0.717) is 11.3 Å². The molecule has 1 atom stereocenters. The van der Waals surface area contributed by atoms with Gasteiger partial charge >= 0.3 is 0 Å². The Labute approximate surface area is 88.3 Å². The summed E-state index contributed by atoms with van der Waals surface area (Å²) < 4.78 is 2.31. The molecule has 0 aliphatic carbocycles. The molecule has 1 heterocycles. The molecule has 0 saturated heterocycles. The fourth-order valence-electron chi connectivity index (χ4n) is 1.16. The number of hydrogen-bond donors (Lipinski definition) is 2. The molecule has 1 amide bonds. The van der Waals surface area contributed by atoms with E-state index < -0.39 is 0 Å². The lowest BCUT2D eigenvalue weighted by molar-refractivity contribution is -0.123.